The zero-order valence-electron chi connectivity index (χ0n) is 12.8. The van der Waals surface area contributed by atoms with E-state index in [9.17, 15) is 0 Å². The lowest BCUT2D eigenvalue weighted by Crippen LogP contribution is -2.07. The Bertz CT molecular complexity index is 751. The lowest BCUT2D eigenvalue weighted by Gasteiger charge is -2.13. The largest absolute Gasteiger partial charge is 0.325 e. The van der Waals surface area contributed by atoms with Crippen LogP contribution in [0, 0.1) is 12.8 Å². The first-order valence-corrected chi connectivity index (χ1v) is 7.42. The number of fused-ring (bicyclic) bond motifs is 1. The second-order valence-corrected chi connectivity index (χ2v) is 5.90. The molecule has 0 aliphatic heterocycles. The summed E-state index contributed by atoms with van der Waals surface area (Å²) in [4.78, 5) is 4.62. The molecule has 1 N–H and O–H groups in total. The lowest BCUT2D eigenvalue weighted by atomic mass is 10.1. The zero-order chi connectivity index (χ0) is 14.8. The van der Waals surface area contributed by atoms with Gasteiger partial charge in [0.25, 0.3) is 0 Å². The maximum Gasteiger partial charge on any atom is 0.207 e. The summed E-state index contributed by atoms with van der Waals surface area (Å²) in [5.41, 5.74) is 2.14. The van der Waals surface area contributed by atoms with Crippen molar-refractivity contribution in [1.29, 1.82) is 0 Å². The SMILES string of the molecule is Cc1cn(CC(C)C)c(Nc2cccc3ccccc23)n1. The lowest BCUT2D eigenvalue weighted by molar-refractivity contribution is 0.527. The molecule has 1 aromatic heterocycles. The maximum absolute atomic E-state index is 4.62. The molecule has 0 radical (unpaired) electrons. The topological polar surface area (TPSA) is 29.9 Å². The van der Waals surface area contributed by atoms with E-state index in [0.717, 1.165) is 23.9 Å². The number of aryl methyl sites for hydroxylation is 1. The highest BCUT2D eigenvalue weighted by Crippen LogP contribution is 2.26. The molecule has 0 bridgehead atoms. The van der Waals surface area contributed by atoms with E-state index in [4.69, 9.17) is 0 Å². The number of aromatic nitrogens is 2. The molecule has 0 spiro atoms. The molecule has 0 aliphatic rings. The normalized spacial score (nSPS) is 11.2. The van der Waals surface area contributed by atoms with Gasteiger partial charge in [-0.25, -0.2) is 4.98 Å². The molecule has 0 saturated heterocycles. The van der Waals surface area contributed by atoms with Crippen LogP contribution in [0.25, 0.3) is 10.8 Å². The summed E-state index contributed by atoms with van der Waals surface area (Å²) in [5, 5.41) is 5.95. The third-order valence-electron chi connectivity index (χ3n) is 3.49. The van der Waals surface area contributed by atoms with Gasteiger partial charge in [0.05, 0.1) is 5.69 Å². The van der Waals surface area contributed by atoms with Gasteiger partial charge in [-0.1, -0.05) is 50.2 Å². The van der Waals surface area contributed by atoms with Gasteiger partial charge in [0, 0.05) is 23.8 Å². The quantitative estimate of drug-likeness (QED) is 0.747. The number of hydrogen-bond donors (Lipinski definition) is 1. The monoisotopic (exact) mass is 279 g/mol. The Balaban J connectivity index is 1.99. The minimum absolute atomic E-state index is 0.590. The molecule has 0 aliphatic carbocycles. The van der Waals surface area contributed by atoms with E-state index in [1.165, 1.54) is 10.8 Å². The molecular weight excluding hydrogens is 258 g/mol. The molecule has 0 saturated carbocycles. The van der Waals surface area contributed by atoms with Crippen LogP contribution in [0.2, 0.25) is 0 Å². The third-order valence-corrected chi connectivity index (χ3v) is 3.49. The van der Waals surface area contributed by atoms with Crippen LogP contribution in [0.15, 0.2) is 48.7 Å². The number of nitrogens with zero attached hydrogens (tertiary/aromatic N) is 2. The van der Waals surface area contributed by atoms with Crippen molar-refractivity contribution in [2.24, 2.45) is 5.92 Å². The summed E-state index contributed by atoms with van der Waals surface area (Å²) < 4.78 is 2.20. The Labute approximate surface area is 125 Å². The maximum atomic E-state index is 4.62. The van der Waals surface area contributed by atoms with Gasteiger partial charge in [-0.15, -0.1) is 0 Å². The smallest absolute Gasteiger partial charge is 0.207 e. The number of benzene rings is 2. The zero-order valence-corrected chi connectivity index (χ0v) is 12.8. The summed E-state index contributed by atoms with van der Waals surface area (Å²) >= 11 is 0. The van der Waals surface area contributed by atoms with Gasteiger partial charge in [0.1, 0.15) is 0 Å². The van der Waals surface area contributed by atoms with Gasteiger partial charge in [-0.05, 0) is 24.3 Å². The summed E-state index contributed by atoms with van der Waals surface area (Å²) in [7, 11) is 0. The van der Waals surface area contributed by atoms with E-state index in [1.54, 1.807) is 0 Å². The first-order chi connectivity index (χ1) is 10.1. The Morgan fingerprint density at radius 3 is 2.67 bits per heavy atom. The fourth-order valence-corrected chi connectivity index (χ4v) is 2.63. The molecule has 3 nitrogen and oxygen atoms in total. The van der Waals surface area contributed by atoms with Crippen molar-refractivity contribution in [3.8, 4) is 0 Å². The average molecular weight is 279 g/mol. The van der Waals surface area contributed by atoms with E-state index >= 15 is 0 Å². The summed E-state index contributed by atoms with van der Waals surface area (Å²) in [6, 6.07) is 14.7. The van der Waals surface area contributed by atoms with Crippen molar-refractivity contribution < 1.29 is 0 Å². The van der Waals surface area contributed by atoms with Crippen molar-refractivity contribution in [3.63, 3.8) is 0 Å². The summed E-state index contributed by atoms with van der Waals surface area (Å²) in [6.07, 6.45) is 2.10. The second kappa shape index (κ2) is 5.60. The van der Waals surface area contributed by atoms with Gasteiger partial charge in [0.2, 0.25) is 5.95 Å². The highest BCUT2D eigenvalue weighted by Gasteiger charge is 2.09. The number of imidazole rings is 1. The van der Waals surface area contributed by atoms with E-state index < -0.39 is 0 Å². The third kappa shape index (κ3) is 2.92. The summed E-state index contributed by atoms with van der Waals surface area (Å²) in [6.45, 7) is 7.44. The molecule has 0 atom stereocenters. The molecule has 3 aromatic rings. The standard InChI is InChI=1S/C18H21N3/c1-13(2)11-21-12-14(3)19-18(21)20-17-10-6-8-15-7-4-5-9-16(15)17/h4-10,12-13H,11H2,1-3H3,(H,19,20). The van der Waals surface area contributed by atoms with Gasteiger partial charge in [0.15, 0.2) is 0 Å². The van der Waals surface area contributed by atoms with Gasteiger partial charge in [-0.3, -0.25) is 0 Å². The molecule has 3 heteroatoms. The van der Waals surface area contributed by atoms with Crippen LogP contribution in [-0.2, 0) is 6.54 Å². The van der Waals surface area contributed by atoms with Gasteiger partial charge in [-0.2, -0.15) is 0 Å². The molecule has 108 valence electrons. The number of hydrogen-bond acceptors (Lipinski definition) is 2. The first kappa shape index (κ1) is 13.7. The molecular formula is C18H21N3. The first-order valence-electron chi connectivity index (χ1n) is 7.42. The van der Waals surface area contributed by atoms with Crippen molar-refractivity contribution >= 4 is 22.4 Å². The Morgan fingerprint density at radius 1 is 1.10 bits per heavy atom. The molecule has 1 heterocycles. The Morgan fingerprint density at radius 2 is 1.86 bits per heavy atom. The molecule has 0 fully saturated rings. The van der Waals surface area contributed by atoms with E-state index in [0.29, 0.717) is 5.92 Å². The van der Waals surface area contributed by atoms with Crippen molar-refractivity contribution in [2.75, 3.05) is 5.32 Å². The second-order valence-electron chi connectivity index (χ2n) is 5.90. The summed E-state index contributed by atoms with van der Waals surface area (Å²) in [5.74, 6) is 1.50. The van der Waals surface area contributed by atoms with Gasteiger partial charge < -0.3 is 9.88 Å². The number of rotatable bonds is 4. The van der Waals surface area contributed by atoms with E-state index in [1.807, 2.05) is 6.92 Å². The van der Waals surface area contributed by atoms with Crippen LogP contribution in [0.3, 0.4) is 0 Å². The molecule has 0 unspecified atom stereocenters. The predicted molar refractivity (Wildman–Crippen MR) is 89.0 cm³/mol. The van der Waals surface area contributed by atoms with Crippen LogP contribution >= 0.6 is 0 Å². The highest BCUT2D eigenvalue weighted by atomic mass is 15.2. The minimum Gasteiger partial charge on any atom is -0.325 e. The van der Waals surface area contributed by atoms with Crippen LogP contribution < -0.4 is 5.32 Å². The fourth-order valence-electron chi connectivity index (χ4n) is 2.63. The van der Waals surface area contributed by atoms with Crippen LogP contribution in [0.5, 0.6) is 0 Å². The predicted octanol–water partition coefficient (Wildman–Crippen LogP) is 4.74. The van der Waals surface area contributed by atoms with Crippen molar-refractivity contribution in [3.05, 3.63) is 54.4 Å². The molecule has 2 aromatic carbocycles. The number of anilines is 2. The van der Waals surface area contributed by atoms with Crippen molar-refractivity contribution in [1.82, 2.24) is 9.55 Å². The Kier molecular flexibility index (Phi) is 3.65. The minimum atomic E-state index is 0.590. The van der Waals surface area contributed by atoms with Gasteiger partial charge >= 0.3 is 0 Å². The average Bonchev–Trinajstić information content (AvgIpc) is 2.78. The molecule has 0 amide bonds. The van der Waals surface area contributed by atoms with E-state index in [2.05, 4.69) is 77.4 Å². The van der Waals surface area contributed by atoms with Crippen LogP contribution in [-0.4, -0.2) is 9.55 Å². The van der Waals surface area contributed by atoms with E-state index in [-0.39, 0.29) is 0 Å². The Hall–Kier alpha value is -2.29. The van der Waals surface area contributed by atoms with Crippen LogP contribution in [0.1, 0.15) is 19.5 Å². The molecule has 3 rings (SSSR count). The highest BCUT2D eigenvalue weighted by molar-refractivity contribution is 5.94. The fraction of sp³-hybridized carbons (Fsp3) is 0.278. The van der Waals surface area contributed by atoms with Crippen molar-refractivity contribution in [2.45, 2.75) is 27.3 Å². The number of nitrogens with one attached hydrogen (secondary N) is 1. The molecule has 21 heavy (non-hydrogen) atoms. The van der Waals surface area contributed by atoms with Crippen LogP contribution in [0.4, 0.5) is 11.6 Å².